The van der Waals surface area contributed by atoms with Gasteiger partial charge in [-0.3, -0.25) is 9.59 Å². The Morgan fingerprint density at radius 1 is 1.11 bits per heavy atom. The summed E-state index contributed by atoms with van der Waals surface area (Å²) in [5.74, 6) is -0.425. The minimum atomic E-state index is -0.811. The Bertz CT molecular complexity index is 674. The molecule has 1 aromatic rings. The molecule has 1 aliphatic carbocycles. The maximum atomic E-state index is 12.4. The standard InChI is InChI=1S/C22H32N2O4/c1-14(2)20(24-21(26)17-10-6-5-7-11-17)22(27)28-13-19(25)23-18-12-8-9-15(3)16(18)4/h5-7,10-11,14-16,18,20H,8-9,12-13H2,1-4H3,(H,23,25)(H,24,26)/t15?,16?,18?,20-/m0/s1. The van der Waals surface area contributed by atoms with E-state index in [0.717, 1.165) is 12.8 Å². The van der Waals surface area contributed by atoms with Crippen LogP contribution in [0, 0.1) is 17.8 Å². The van der Waals surface area contributed by atoms with E-state index in [1.165, 1.54) is 6.42 Å². The molecule has 3 unspecified atom stereocenters. The number of carbonyl (C=O) groups excluding carboxylic acids is 3. The lowest BCUT2D eigenvalue weighted by molar-refractivity contribution is -0.151. The molecule has 0 bridgehead atoms. The van der Waals surface area contributed by atoms with Crippen molar-refractivity contribution in [1.82, 2.24) is 10.6 Å². The third kappa shape index (κ3) is 6.08. The zero-order valence-electron chi connectivity index (χ0n) is 17.2. The maximum absolute atomic E-state index is 12.4. The fourth-order valence-electron chi connectivity index (χ4n) is 3.57. The van der Waals surface area contributed by atoms with E-state index in [1.54, 1.807) is 24.3 Å². The van der Waals surface area contributed by atoms with Crippen LogP contribution in [-0.2, 0) is 14.3 Å². The Hall–Kier alpha value is -2.37. The lowest BCUT2D eigenvalue weighted by atomic mass is 9.78. The molecule has 6 heteroatoms. The summed E-state index contributed by atoms with van der Waals surface area (Å²) in [5.41, 5.74) is 0.471. The molecule has 154 valence electrons. The SMILES string of the molecule is CC1CCCC(NC(=O)COC(=O)[C@@H](NC(=O)c2ccccc2)C(C)C)C1C. The summed E-state index contributed by atoms with van der Waals surface area (Å²) in [6, 6.07) is 8.00. The van der Waals surface area contributed by atoms with Gasteiger partial charge in [0.25, 0.3) is 11.8 Å². The summed E-state index contributed by atoms with van der Waals surface area (Å²) in [4.78, 5) is 37.0. The summed E-state index contributed by atoms with van der Waals surface area (Å²) in [7, 11) is 0. The van der Waals surface area contributed by atoms with Crippen LogP contribution < -0.4 is 10.6 Å². The van der Waals surface area contributed by atoms with Gasteiger partial charge in [-0.25, -0.2) is 4.79 Å². The van der Waals surface area contributed by atoms with Crippen LogP contribution in [0.25, 0.3) is 0 Å². The van der Waals surface area contributed by atoms with Gasteiger partial charge in [-0.2, -0.15) is 0 Å². The van der Waals surface area contributed by atoms with Crippen LogP contribution in [-0.4, -0.2) is 36.5 Å². The number of rotatable bonds is 7. The number of amides is 2. The molecule has 0 aliphatic heterocycles. The zero-order chi connectivity index (χ0) is 20.7. The molecule has 0 radical (unpaired) electrons. The highest BCUT2D eigenvalue weighted by Gasteiger charge is 2.30. The fourth-order valence-corrected chi connectivity index (χ4v) is 3.57. The molecule has 1 aliphatic rings. The molecule has 2 amide bonds. The Morgan fingerprint density at radius 3 is 2.43 bits per heavy atom. The first kappa shape index (κ1) is 21.9. The quantitative estimate of drug-likeness (QED) is 0.704. The largest absolute Gasteiger partial charge is 0.454 e. The zero-order valence-corrected chi connectivity index (χ0v) is 17.2. The molecule has 2 N–H and O–H groups in total. The van der Waals surface area contributed by atoms with Gasteiger partial charge in [-0.05, 0) is 36.3 Å². The van der Waals surface area contributed by atoms with Gasteiger partial charge >= 0.3 is 5.97 Å². The molecule has 28 heavy (non-hydrogen) atoms. The molecule has 0 spiro atoms. The molecule has 0 aromatic heterocycles. The number of hydrogen-bond acceptors (Lipinski definition) is 4. The number of nitrogens with one attached hydrogen (secondary N) is 2. The molecular weight excluding hydrogens is 356 g/mol. The second-order valence-electron chi connectivity index (χ2n) is 8.11. The van der Waals surface area contributed by atoms with Crippen LogP contribution in [0.1, 0.15) is 57.3 Å². The van der Waals surface area contributed by atoms with E-state index in [0.29, 0.717) is 17.4 Å². The van der Waals surface area contributed by atoms with Crippen LogP contribution in [0.3, 0.4) is 0 Å². The highest BCUT2D eigenvalue weighted by Crippen LogP contribution is 2.29. The van der Waals surface area contributed by atoms with Crippen LogP contribution in [0.5, 0.6) is 0 Å². The van der Waals surface area contributed by atoms with Crippen LogP contribution in [0.4, 0.5) is 0 Å². The molecule has 2 rings (SSSR count). The van der Waals surface area contributed by atoms with Gasteiger partial charge in [0.2, 0.25) is 0 Å². The fraction of sp³-hybridized carbons (Fsp3) is 0.591. The second-order valence-corrected chi connectivity index (χ2v) is 8.11. The molecule has 1 fully saturated rings. The van der Waals surface area contributed by atoms with Crippen molar-refractivity contribution in [3.63, 3.8) is 0 Å². The van der Waals surface area contributed by atoms with E-state index in [1.807, 2.05) is 19.9 Å². The van der Waals surface area contributed by atoms with Gasteiger partial charge in [-0.15, -0.1) is 0 Å². The number of carbonyl (C=O) groups is 3. The smallest absolute Gasteiger partial charge is 0.329 e. The predicted molar refractivity (Wildman–Crippen MR) is 108 cm³/mol. The number of hydrogen-bond donors (Lipinski definition) is 2. The summed E-state index contributed by atoms with van der Waals surface area (Å²) in [6.07, 6.45) is 3.23. The van der Waals surface area contributed by atoms with Crippen LogP contribution in [0.2, 0.25) is 0 Å². The van der Waals surface area contributed by atoms with Crippen molar-refractivity contribution in [2.75, 3.05) is 6.61 Å². The molecule has 0 heterocycles. The summed E-state index contributed by atoms with van der Waals surface area (Å²) in [5, 5.41) is 5.69. The topological polar surface area (TPSA) is 84.5 Å². The third-order valence-corrected chi connectivity index (χ3v) is 5.64. The van der Waals surface area contributed by atoms with Crippen LogP contribution in [0.15, 0.2) is 30.3 Å². The van der Waals surface area contributed by atoms with Crippen molar-refractivity contribution in [3.8, 4) is 0 Å². The molecule has 4 atom stereocenters. The first-order valence-corrected chi connectivity index (χ1v) is 10.1. The first-order chi connectivity index (χ1) is 13.3. The predicted octanol–water partition coefficient (Wildman–Crippen LogP) is 2.93. The van der Waals surface area contributed by atoms with Crippen molar-refractivity contribution >= 4 is 17.8 Å². The van der Waals surface area contributed by atoms with Gasteiger partial charge in [0, 0.05) is 11.6 Å². The van der Waals surface area contributed by atoms with E-state index < -0.39 is 12.0 Å². The van der Waals surface area contributed by atoms with Crippen LogP contribution >= 0.6 is 0 Å². The average molecular weight is 389 g/mol. The third-order valence-electron chi connectivity index (χ3n) is 5.64. The normalized spacial score (nSPS) is 23.0. The van der Waals surface area contributed by atoms with E-state index >= 15 is 0 Å². The van der Waals surface area contributed by atoms with Crippen molar-refractivity contribution in [2.45, 2.75) is 59.0 Å². The van der Waals surface area contributed by atoms with Gasteiger partial charge in [0.05, 0.1) is 0 Å². The Kier molecular flexibility index (Phi) is 8.03. The van der Waals surface area contributed by atoms with E-state index in [4.69, 9.17) is 4.74 Å². The first-order valence-electron chi connectivity index (χ1n) is 10.1. The van der Waals surface area contributed by atoms with Crippen molar-refractivity contribution in [2.24, 2.45) is 17.8 Å². The Labute approximate surface area is 167 Å². The van der Waals surface area contributed by atoms with E-state index in [2.05, 4.69) is 24.5 Å². The van der Waals surface area contributed by atoms with E-state index in [9.17, 15) is 14.4 Å². The monoisotopic (exact) mass is 388 g/mol. The van der Waals surface area contributed by atoms with Crippen molar-refractivity contribution < 1.29 is 19.1 Å². The van der Waals surface area contributed by atoms with Crippen molar-refractivity contribution in [3.05, 3.63) is 35.9 Å². The highest BCUT2D eigenvalue weighted by atomic mass is 16.5. The summed E-state index contributed by atoms with van der Waals surface area (Å²) < 4.78 is 5.20. The molecule has 1 aromatic carbocycles. The average Bonchev–Trinajstić information content (AvgIpc) is 2.68. The van der Waals surface area contributed by atoms with Gasteiger partial charge < -0.3 is 15.4 Å². The lowest BCUT2D eigenvalue weighted by Gasteiger charge is -2.34. The number of ether oxygens (including phenoxy) is 1. The molecule has 1 saturated carbocycles. The number of benzene rings is 1. The Balaban J connectivity index is 1.86. The maximum Gasteiger partial charge on any atom is 0.329 e. The molecule has 6 nitrogen and oxygen atoms in total. The minimum absolute atomic E-state index is 0.119. The number of esters is 1. The molecular formula is C22H32N2O4. The van der Waals surface area contributed by atoms with Gasteiger partial charge in [0.15, 0.2) is 6.61 Å². The Morgan fingerprint density at radius 2 is 1.79 bits per heavy atom. The molecule has 0 saturated heterocycles. The summed E-state index contributed by atoms with van der Waals surface area (Å²) >= 11 is 0. The lowest BCUT2D eigenvalue weighted by Crippen LogP contribution is -2.48. The van der Waals surface area contributed by atoms with Crippen molar-refractivity contribution in [1.29, 1.82) is 0 Å². The second kappa shape index (κ2) is 10.2. The summed E-state index contributed by atoms with van der Waals surface area (Å²) in [6.45, 7) is 7.66. The highest BCUT2D eigenvalue weighted by molar-refractivity contribution is 5.97. The van der Waals surface area contributed by atoms with E-state index in [-0.39, 0.29) is 30.4 Å². The minimum Gasteiger partial charge on any atom is -0.454 e. The van der Waals surface area contributed by atoms with Gasteiger partial charge in [0.1, 0.15) is 6.04 Å². The van der Waals surface area contributed by atoms with Gasteiger partial charge in [-0.1, -0.05) is 58.7 Å².